The molecule has 9 nitrogen and oxygen atoms in total. The summed E-state index contributed by atoms with van der Waals surface area (Å²) in [6, 6.07) is 3.98. The smallest absolute Gasteiger partial charge is 0.390 e. The molecule has 0 bridgehead atoms. The third kappa shape index (κ3) is 5.45. The van der Waals surface area contributed by atoms with Gasteiger partial charge in [0.05, 0.1) is 35.2 Å². The number of hydrogen-bond acceptors (Lipinski definition) is 6. The number of primary amides is 1. The number of fused-ring (bicyclic) bond motifs is 1. The van der Waals surface area contributed by atoms with Gasteiger partial charge in [0.1, 0.15) is 23.2 Å². The first-order chi connectivity index (χ1) is 17.9. The van der Waals surface area contributed by atoms with Crippen LogP contribution in [0.3, 0.4) is 0 Å². The van der Waals surface area contributed by atoms with Gasteiger partial charge in [-0.2, -0.15) is 13.2 Å². The predicted molar refractivity (Wildman–Crippen MR) is 131 cm³/mol. The van der Waals surface area contributed by atoms with Crippen LogP contribution in [-0.2, 0) is 11.0 Å². The van der Waals surface area contributed by atoms with E-state index >= 15 is 0 Å². The lowest BCUT2D eigenvalue weighted by molar-refractivity contribution is -0.138. The van der Waals surface area contributed by atoms with Gasteiger partial charge in [0.25, 0.3) is 0 Å². The summed E-state index contributed by atoms with van der Waals surface area (Å²) >= 11 is 6.11. The molecular formula is C25H23ClF3N5O4. The molecule has 4 rings (SSSR count). The second-order valence-electron chi connectivity index (χ2n) is 8.99. The number of alkyl halides is 3. The number of rotatable bonds is 5. The van der Waals surface area contributed by atoms with Gasteiger partial charge in [0, 0.05) is 31.1 Å². The highest BCUT2D eigenvalue weighted by Gasteiger charge is 2.43. The van der Waals surface area contributed by atoms with Crippen LogP contribution in [-0.4, -0.2) is 66.8 Å². The largest absolute Gasteiger partial charge is 0.417 e. The molecule has 0 aliphatic heterocycles. The number of nitrogens with two attached hydrogens (primary N) is 1. The number of halogens is 4. The molecule has 1 fully saturated rings. The van der Waals surface area contributed by atoms with E-state index in [-0.39, 0.29) is 29.7 Å². The van der Waals surface area contributed by atoms with E-state index < -0.39 is 47.4 Å². The van der Waals surface area contributed by atoms with Gasteiger partial charge in [-0.25, -0.2) is 9.97 Å². The number of carbonyl (C=O) groups excluding carboxylic acids is 2. The van der Waals surface area contributed by atoms with Crippen LogP contribution in [0.15, 0.2) is 36.8 Å². The van der Waals surface area contributed by atoms with Crippen molar-refractivity contribution < 1.29 is 33.0 Å². The standard InChI is InChI=1S/C25H23ClF3N5O4/c1-13(35)33(7-2-3-14-4-5-18(25(27,28)29)17(9-14)23(30)38)11-15-10-19(21(37)20(15)36)34-8-6-16-22(26)31-12-32-24(16)34/h4-6,8-9,12,15,19-21,36-37H,7,10-11H2,1H3,(H2,30,38)/t15-,19-,20-,21+/m1/s1. The number of nitrogens with zero attached hydrogens (tertiary/aromatic N) is 4. The molecular weight excluding hydrogens is 527 g/mol. The highest BCUT2D eigenvalue weighted by molar-refractivity contribution is 6.33. The molecule has 1 aliphatic carbocycles. The minimum Gasteiger partial charge on any atom is -0.390 e. The van der Waals surface area contributed by atoms with Crippen molar-refractivity contribution in [1.82, 2.24) is 19.4 Å². The fraction of sp³-hybridized carbons (Fsp3) is 0.360. The number of amides is 2. The van der Waals surface area contributed by atoms with Crippen molar-refractivity contribution in [3.63, 3.8) is 0 Å². The topological polar surface area (TPSA) is 135 Å². The Morgan fingerprint density at radius 1 is 1.24 bits per heavy atom. The zero-order valence-electron chi connectivity index (χ0n) is 20.0. The molecule has 3 aromatic rings. The van der Waals surface area contributed by atoms with E-state index in [0.717, 1.165) is 18.2 Å². The molecule has 38 heavy (non-hydrogen) atoms. The molecule has 0 radical (unpaired) electrons. The number of hydrogen-bond donors (Lipinski definition) is 3. The second kappa shape index (κ2) is 10.6. The van der Waals surface area contributed by atoms with Gasteiger partial charge in [-0.15, -0.1) is 0 Å². The van der Waals surface area contributed by atoms with E-state index in [2.05, 4.69) is 21.8 Å². The Morgan fingerprint density at radius 3 is 2.63 bits per heavy atom. The number of aliphatic hydroxyl groups is 2. The van der Waals surface area contributed by atoms with Gasteiger partial charge in [-0.05, 0) is 30.7 Å². The Hall–Kier alpha value is -3.66. The maximum absolute atomic E-state index is 13.1. The Morgan fingerprint density at radius 2 is 1.97 bits per heavy atom. The maximum atomic E-state index is 13.1. The fourth-order valence-corrected chi connectivity index (χ4v) is 4.85. The van der Waals surface area contributed by atoms with Crippen LogP contribution >= 0.6 is 11.6 Å². The zero-order valence-corrected chi connectivity index (χ0v) is 20.7. The lowest BCUT2D eigenvalue weighted by Crippen LogP contribution is -2.38. The summed E-state index contributed by atoms with van der Waals surface area (Å²) in [7, 11) is 0. The van der Waals surface area contributed by atoms with Crippen molar-refractivity contribution in [1.29, 1.82) is 0 Å². The van der Waals surface area contributed by atoms with Crippen LogP contribution < -0.4 is 5.73 Å². The average Bonchev–Trinajstić information content (AvgIpc) is 3.39. The summed E-state index contributed by atoms with van der Waals surface area (Å²) in [5.74, 6) is 3.28. The summed E-state index contributed by atoms with van der Waals surface area (Å²) in [5.41, 5.74) is 3.86. The van der Waals surface area contributed by atoms with E-state index in [1.165, 1.54) is 18.2 Å². The van der Waals surface area contributed by atoms with Crippen LogP contribution in [0, 0.1) is 17.8 Å². The van der Waals surface area contributed by atoms with Crippen molar-refractivity contribution >= 4 is 34.4 Å². The first kappa shape index (κ1) is 27.4. The van der Waals surface area contributed by atoms with Gasteiger partial charge in [0.2, 0.25) is 11.8 Å². The second-order valence-corrected chi connectivity index (χ2v) is 9.35. The predicted octanol–water partition coefficient (Wildman–Crippen LogP) is 2.39. The molecule has 1 aliphatic rings. The third-order valence-corrected chi connectivity index (χ3v) is 6.88. The van der Waals surface area contributed by atoms with Gasteiger partial charge < -0.3 is 25.4 Å². The Kier molecular flexibility index (Phi) is 7.64. The summed E-state index contributed by atoms with van der Waals surface area (Å²) < 4.78 is 41.1. The van der Waals surface area contributed by atoms with Crippen molar-refractivity contribution in [2.45, 2.75) is 37.8 Å². The van der Waals surface area contributed by atoms with Gasteiger partial charge in [-0.1, -0.05) is 23.4 Å². The summed E-state index contributed by atoms with van der Waals surface area (Å²) in [5, 5.41) is 22.3. The van der Waals surface area contributed by atoms with Gasteiger partial charge in [-0.3, -0.25) is 9.59 Å². The van der Waals surface area contributed by atoms with E-state index in [9.17, 15) is 33.0 Å². The maximum Gasteiger partial charge on any atom is 0.417 e. The van der Waals surface area contributed by atoms with Crippen LogP contribution in [0.5, 0.6) is 0 Å². The number of aromatic nitrogens is 3. The zero-order chi connectivity index (χ0) is 27.8. The molecule has 200 valence electrons. The molecule has 1 aromatic carbocycles. The van der Waals surface area contributed by atoms with Crippen molar-refractivity contribution in [2.75, 3.05) is 13.1 Å². The highest BCUT2D eigenvalue weighted by Crippen LogP contribution is 2.38. The molecule has 1 saturated carbocycles. The molecule has 4 N–H and O–H groups in total. The molecule has 4 atom stereocenters. The number of benzene rings is 1. The lowest BCUT2D eigenvalue weighted by atomic mass is 10.0. The van der Waals surface area contributed by atoms with Crippen LogP contribution in [0.1, 0.15) is 40.9 Å². The first-order valence-corrected chi connectivity index (χ1v) is 11.8. The Labute approximate surface area is 220 Å². The van der Waals surface area contributed by atoms with Gasteiger partial charge in [0.15, 0.2) is 0 Å². The van der Waals surface area contributed by atoms with Crippen LogP contribution in [0.25, 0.3) is 11.0 Å². The molecule has 0 spiro atoms. The summed E-state index contributed by atoms with van der Waals surface area (Å²) in [6.07, 6.45) is -3.70. The first-order valence-electron chi connectivity index (χ1n) is 11.5. The number of aliphatic hydroxyl groups excluding tert-OH is 2. The van der Waals surface area contributed by atoms with Crippen LogP contribution in [0.2, 0.25) is 5.15 Å². The summed E-state index contributed by atoms with van der Waals surface area (Å²) in [6.45, 7) is 1.30. The monoisotopic (exact) mass is 549 g/mol. The molecule has 0 saturated heterocycles. The Bertz CT molecular complexity index is 1450. The molecule has 2 amide bonds. The molecule has 2 heterocycles. The summed E-state index contributed by atoms with van der Waals surface area (Å²) in [4.78, 5) is 33.3. The van der Waals surface area contributed by atoms with E-state index in [1.54, 1.807) is 16.8 Å². The van der Waals surface area contributed by atoms with E-state index in [0.29, 0.717) is 17.5 Å². The molecule has 0 unspecified atom stereocenters. The van der Waals surface area contributed by atoms with Crippen LogP contribution in [0.4, 0.5) is 13.2 Å². The SMILES string of the molecule is CC(=O)N(CC#Cc1ccc(C(F)(F)F)c(C(N)=O)c1)C[C@H]1C[C@@H](n2ccc3c(Cl)ncnc32)[C@H](O)[C@@H]1O. The van der Waals surface area contributed by atoms with Crippen molar-refractivity contribution in [3.05, 3.63) is 58.6 Å². The molecule has 2 aromatic heterocycles. The van der Waals surface area contributed by atoms with E-state index in [1.807, 2.05) is 0 Å². The fourth-order valence-electron chi connectivity index (χ4n) is 4.66. The average molecular weight is 550 g/mol. The highest BCUT2D eigenvalue weighted by atomic mass is 35.5. The third-order valence-electron chi connectivity index (χ3n) is 6.58. The number of carbonyl (C=O) groups is 2. The molecule has 13 heteroatoms. The quantitative estimate of drug-likeness (QED) is 0.330. The lowest BCUT2D eigenvalue weighted by Gasteiger charge is -2.24. The Balaban J connectivity index is 1.49. The minimum atomic E-state index is -4.75. The van der Waals surface area contributed by atoms with E-state index in [4.69, 9.17) is 17.3 Å². The minimum absolute atomic E-state index is 0.0766. The van der Waals surface area contributed by atoms with Crippen molar-refractivity contribution in [2.24, 2.45) is 11.7 Å². The normalized spacial score (nSPS) is 21.2. The van der Waals surface area contributed by atoms with Gasteiger partial charge >= 0.3 is 6.18 Å². The van der Waals surface area contributed by atoms with Crippen molar-refractivity contribution in [3.8, 4) is 11.8 Å².